The van der Waals surface area contributed by atoms with Crippen LogP contribution in [-0.2, 0) is 9.59 Å². The summed E-state index contributed by atoms with van der Waals surface area (Å²) in [6.45, 7) is 9.36. The van der Waals surface area contributed by atoms with Crippen LogP contribution in [0.5, 0.6) is 0 Å². The first-order valence-electron chi connectivity index (χ1n) is 5.35. The molecule has 1 heterocycles. The molecule has 0 saturated heterocycles. The van der Waals surface area contributed by atoms with Crippen molar-refractivity contribution in [3.63, 3.8) is 0 Å². The lowest BCUT2D eigenvalue weighted by molar-refractivity contribution is -0.131. The average Bonchev–Trinajstić information content (AvgIpc) is 2.48. The fourth-order valence-electron chi connectivity index (χ4n) is 1.20. The summed E-state index contributed by atoms with van der Waals surface area (Å²) >= 11 is 0. The molecule has 0 aromatic rings. The summed E-state index contributed by atoms with van der Waals surface area (Å²) in [6.07, 6.45) is 4.13. The predicted molar refractivity (Wildman–Crippen MR) is 71.3 cm³/mol. The van der Waals surface area contributed by atoms with Crippen molar-refractivity contribution in [3.8, 4) is 0 Å². The standard InChI is InChI=1S/C12H14BN3O2/c1-5-8-9(11(18)16(13)10(8)17)6-14-15-7-12(2,3)4/h5-7H,1H2,2-4H3/b14-6-,15-7+. The van der Waals surface area contributed by atoms with Crippen LogP contribution in [0.1, 0.15) is 20.8 Å². The Morgan fingerprint density at radius 1 is 1.17 bits per heavy atom. The molecule has 0 aromatic carbocycles. The first kappa shape index (κ1) is 14.1. The van der Waals surface area contributed by atoms with Crippen molar-refractivity contribution in [1.29, 1.82) is 0 Å². The number of rotatable bonds is 3. The highest BCUT2D eigenvalue weighted by Gasteiger charge is 2.32. The Hall–Kier alpha value is -1.98. The molecule has 0 fully saturated rings. The van der Waals surface area contributed by atoms with Gasteiger partial charge in [-0.2, -0.15) is 10.2 Å². The third-order valence-electron chi connectivity index (χ3n) is 2.09. The van der Waals surface area contributed by atoms with E-state index in [9.17, 15) is 9.59 Å². The average molecular weight is 243 g/mol. The molecule has 2 radical (unpaired) electrons. The van der Waals surface area contributed by atoms with Gasteiger partial charge in [-0.15, -0.1) is 0 Å². The molecule has 0 N–H and O–H groups in total. The quantitative estimate of drug-likeness (QED) is 0.321. The van der Waals surface area contributed by atoms with Gasteiger partial charge in [-0.3, -0.25) is 9.59 Å². The maximum absolute atomic E-state index is 11.6. The first-order chi connectivity index (χ1) is 8.28. The summed E-state index contributed by atoms with van der Waals surface area (Å²) in [5, 5.41) is 7.55. The molecule has 0 bridgehead atoms. The highest BCUT2D eigenvalue weighted by molar-refractivity contribution is 6.40. The molecule has 6 heteroatoms. The van der Waals surface area contributed by atoms with E-state index in [-0.39, 0.29) is 16.6 Å². The second-order valence-electron chi connectivity index (χ2n) is 4.87. The summed E-state index contributed by atoms with van der Waals surface area (Å²) < 4.78 is 0. The largest absolute Gasteiger partial charge is 0.332 e. The summed E-state index contributed by atoms with van der Waals surface area (Å²) in [5.74, 6) is -1.19. The fourth-order valence-corrected chi connectivity index (χ4v) is 1.20. The number of nitrogens with zero attached hydrogens (tertiary/aromatic N) is 3. The van der Waals surface area contributed by atoms with Crippen LogP contribution in [0.3, 0.4) is 0 Å². The molecule has 2 amide bonds. The lowest BCUT2D eigenvalue weighted by Gasteiger charge is -2.07. The Balaban J connectivity index is 2.95. The smallest absolute Gasteiger partial charge is 0.250 e. The minimum Gasteiger partial charge on any atom is -0.332 e. The highest BCUT2D eigenvalue weighted by Crippen LogP contribution is 2.18. The number of amides is 2. The molecule has 0 saturated carbocycles. The minimum absolute atomic E-state index is 0.101. The van der Waals surface area contributed by atoms with E-state index < -0.39 is 11.8 Å². The van der Waals surface area contributed by atoms with Gasteiger partial charge in [0, 0.05) is 6.21 Å². The van der Waals surface area contributed by atoms with E-state index >= 15 is 0 Å². The molecule has 1 aliphatic rings. The van der Waals surface area contributed by atoms with Crippen LogP contribution >= 0.6 is 0 Å². The van der Waals surface area contributed by atoms with Crippen LogP contribution in [0.4, 0.5) is 0 Å². The third-order valence-corrected chi connectivity index (χ3v) is 2.09. The van der Waals surface area contributed by atoms with Crippen LogP contribution < -0.4 is 0 Å². The fraction of sp³-hybridized carbons (Fsp3) is 0.333. The second kappa shape index (κ2) is 5.12. The number of hydrogen-bond acceptors (Lipinski definition) is 4. The zero-order valence-corrected chi connectivity index (χ0v) is 10.7. The monoisotopic (exact) mass is 243 g/mol. The molecular formula is C12H14BN3O2. The van der Waals surface area contributed by atoms with E-state index in [4.69, 9.17) is 7.98 Å². The van der Waals surface area contributed by atoms with E-state index in [2.05, 4.69) is 16.8 Å². The van der Waals surface area contributed by atoms with Crippen molar-refractivity contribution in [2.45, 2.75) is 20.8 Å². The number of carbonyl (C=O) groups is 2. The lowest BCUT2D eigenvalue weighted by atomic mass is 9.99. The van der Waals surface area contributed by atoms with Crippen LogP contribution in [0.2, 0.25) is 0 Å². The maximum Gasteiger partial charge on any atom is 0.250 e. The topological polar surface area (TPSA) is 62.1 Å². The van der Waals surface area contributed by atoms with Crippen LogP contribution in [-0.4, -0.2) is 37.0 Å². The van der Waals surface area contributed by atoms with E-state index in [1.807, 2.05) is 20.8 Å². The van der Waals surface area contributed by atoms with Crippen molar-refractivity contribution in [1.82, 2.24) is 4.81 Å². The number of hydrogen-bond donors (Lipinski definition) is 0. The second-order valence-corrected chi connectivity index (χ2v) is 4.87. The van der Waals surface area contributed by atoms with Crippen molar-refractivity contribution >= 4 is 32.2 Å². The normalized spacial score (nSPS) is 17.6. The molecule has 1 aliphatic heterocycles. The molecule has 0 spiro atoms. The van der Waals surface area contributed by atoms with Crippen LogP contribution in [0, 0.1) is 5.41 Å². The van der Waals surface area contributed by atoms with E-state index in [0.29, 0.717) is 4.81 Å². The van der Waals surface area contributed by atoms with E-state index in [0.717, 1.165) is 0 Å². The molecular weight excluding hydrogens is 229 g/mol. The Morgan fingerprint density at radius 3 is 2.22 bits per heavy atom. The Kier molecular flexibility index (Phi) is 4.01. The Bertz CT molecular complexity index is 484. The summed E-state index contributed by atoms with van der Waals surface area (Å²) in [6, 6.07) is 0. The summed E-state index contributed by atoms with van der Waals surface area (Å²) in [7, 11) is 5.30. The first-order valence-corrected chi connectivity index (χ1v) is 5.35. The predicted octanol–water partition coefficient (Wildman–Crippen LogP) is 1.02. The van der Waals surface area contributed by atoms with Gasteiger partial charge in [-0.05, 0) is 5.41 Å². The van der Waals surface area contributed by atoms with Crippen molar-refractivity contribution in [2.24, 2.45) is 15.6 Å². The van der Waals surface area contributed by atoms with Gasteiger partial charge in [0.25, 0.3) is 0 Å². The van der Waals surface area contributed by atoms with Gasteiger partial charge in [0.05, 0.1) is 17.4 Å². The van der Waals surface area contributed by atoms with Crippen molar-refractivity contribution in [2.75, 3.05) is 0 Å². The van der Waals surface area contributed by atoms with Gasteiger partial charge in [0.2, 0.25) is 19.8 Å². The van der Waals surface area contributed by atoms with Crippen LogP contribution in [0.15, 0.2) is 34.0 Å². The van der Waals surface area contributed by atoms with Gasteiger partial charge in [-0.1, -0.05) is 33.4 Å². The number of carbonyl (C=O) groups excluding carboxylic acids is 2. The van der Waals surface area contributed by atoms with Gasteiger partial charge in [-0.25, -0.2) is 0 Å². The molecule has 0 atom stereocenters. The molecule has 0 aromatic heterocycles. The van der Waals surface area contributed by atoms with E-state index in [1.54, 1.807) is 6.21 Å². The minimum atomic E-state index is -0.607. The molecule has 92 valence electrons. The lowest BCUT2D eigenvalue weighted by Crippen LogP contribution is -2.28. The summed E-state index contributed by atoms with van der Waals surface area (Å²) in [4.78, 5) is 23.6. The van der Waals surface area contributed by atoms with Crippen molar-refractivity contribution in [3.05, 3.63) is 23.8 Å². The molecule has 5 nitrogen and oxygen atoms in total. The molecule has 18 heavy (non-hydrogen) atoms. The summed E-state index contributed by atoms with van der Waals surface area (Å²) in [5.41, 5.74) is 0.128. The molecule has 0 unspecified atom stereocenters. The SMILES string of the molecule is [B]N1C(=O)C(C=C)=C(/C=N\N=C\C(C)(C)C)C1=O. The Labute approximate surface area is 107 Å². The molecule has 1 rings (SSSR count). The Morgan fingerprint density at radius 2 is 1.72 bits per heavy atom. The molecule has 0 aliphatic carbocycles. The van der Waals surface area contributed by atoms with Gasteiger partial charge in [0.15, 0.2) is 0 Å². The van der Waals surface area contributed by atoms with Crippen molar-refractivity contribution < 1.29 is 9.59 Å². The van der Waals surface area contributed by atoms with Crippen LogP contribution in [0.25, 0.3) is 0 Å². The zero-order valence-electron chi connectivity index (χ0n) is 10.7. The third kappa shape index (κ3) is 3.03. The highest BCUT2D eigenvalue weighted by atomic mass is 16.2. The van der Waals surface area contributed by atoms with Gasteiger partial charge >= 0.3 is 0 Å². The van der Waals surface area contributed by atoms with Gasteiger partial charge < -0.3 is 4.81 Å². The van der Waals surface area contributed by atoms with E-state index in [1.165, 1.54) is 12.3 Å². The number of imide groups is 1. The van der Waals surface area contributed by atoms with Gasteiger partial charge in [0.1, 0.15) is 0 Å². The zero-order chi connectivity index (χ0) is 13.9. The maximum atomic E-state index is 11.6.